The summed E-state index contributed by atoms with van der Waals surface area (Å²) in [6.07, 6.45) is -4.78. The lowest BCUT2D eigenvalue weighted by atomic mass is 10.1. The minimum Gasteiger partial charge on any atom is -0.493 e. The predicted octanol–water partition coefficient (Wildman–Crippen LogP) is 3.18. The molecule has 0 saturated heterocycles. The molecule has 0 spiro atoms. The zero-order chi connectivity index (χ0) is 19.9. The third kappa shape index (κ3) is 3.23. The molecule has 11 heteroatoms. The van der Waals surface area contributed by atoms with E-state index in [1.165, 1.54) is 32.4 Å². The molecule has 0 atom stereocenters. The zero-order valence-electron chi connectivity index (χ0n) is 14.0. The molecule has 1 amide bonds. The molecule has 3 rings (SSSR count). The first kappa shape index (κ1) is 18.8. The van der Waals surface area contributed by atoms with Crippen LogP contribution in [-0.4, -0.2) is 34.7 Å². The second-order valence-electron chi connectivity index (χ2n) is 5.36. The highest BCUT2D eigenvalue weighted by molar-refractivity contribution is 6.36. The SMILES string of the molecule is COc1ccc(-c2cc(C(F)(F)F)n3nc(C(N)=O)c(Cl)c3n2)cc1OC. The van der Waals surface area contributed by atoms with Gasteiger partial charge in [-0.05, 0) is 24.3 Å². The van der Waals surface area contributed by atoms with Gasteiger partial charge < -0.3 is 15.2 Å². The number of primary amides is 1. The van der Waals surface area contributed by atoms with Gasteiger partial charge in [0.2, 0.25) is 0 Å². The molecule has 0 saturated carbocycles. The first-order valence-electron chi connectivity index (χ1n) is 7.36. The highest BCUT2D eigenvalue weighted by atomic mass is 35.5. The number of methoxy groups -OCH3 is 2. The van der Waals surface area contributed by atoms with Crippen LogP contribution in [0.5, 0.6) is 11.5 Å². The number of alkyl halides is 3. The molecular weight excluding hydrogens is 389 g/mol. The molecule has 0 fully saturated rings. The Hall–Kier alpha value is -3.01. The van der Waals surface area contributed by atoms with Crippen molar-refractivity contribution in [2.75, 3.05) is 14.2 Å². The number of carbonyl (C=O) groups is 1. The van der Waals surface area contributed by atoms with Gasteiger partial charge in [0.1, 0.15) is 5.02 Å². The summed E-state index contributed by atoms with van der Waals surface area (Å²) in [6, 6.07) is 5.30. The molecule has 0 unspecified atom stereocenters. The van der Waals surface area contributed by atoms with Crippen LogP contribution < -0.4 is 15.2 Å². The van der Waals surface area contributed by atoms with Crippen molar-refractivity contribution >= 4 is 23.2 Å². The molecule has 0 aliphatic carbocycles. The van der Waals surface area contributed by atoms with Gasteiger partial charge in [0.25, 0.3) is 5.91 Å². The molecule has 2 N–H and O–H groups in total. The van der Waals surface area contributed by atoms with Gasteiger partial charge in [-0.15, -0.1) is 0 Å². The van der Waals surface area contributed by atoms with E-state index in [4.69, 9.17) is 26.8 Å². The maximum absolute atomic E-state index is 13.5. The smallest absolute Gasteiger partial charge is 0.433 e. The van der Waals surface area contributed by atoms with Crippen LogP contribution in [0.3, 0.4) is 0 Å². The van der Waals surface area contributed by atoms with Crippen molar-refractivity contribution in [1.82, 2.24) is 14.6 Å². The van der Waals surface area contributed by atoms with Crippen LogP contribution in [0.15, 0.2) is 24.3 Å². The summed E-state index contributed by atoms with van der Waals surface area (Å²) in [7, 11) is 2.83. The van der Waals surface area contributed by atoms with Crippen LogP contribution in [0.1, 0.15) is 16.2 Å². The Labute approximate surface area is 155 Å². The van der Waals surface area contributed by atoms with Crippen LogP contribution >= 0.6 is 11.6 Å². The number of carbonyl (C=O) groups excluding carboxylic acids is 1. The number of hydrogen-bond donors (Lipinski definition) is 1. The fourth-order valence-electron chi connectivity index (χ4n) is 2.49. The maximum Gasteiger partial charge on any atom is 0.433 e. The maximum atomic E-state index is 13.5. The number of halogens is 4. The molecule has 0 radical (unpaired) electrons. The standard InChI is InChI=1S/C16H12ClF3N4O3/c1-26-9-4-3-7(5-10(9)27-2)8-6-11(16(18,19)20)24-15(22-8)12(17)13(23-24)14(21)25/h3-6H,1-2H3,(H2,21,25). The number of rotatable bonds is 4. The number of nitrogens with two attached hydrogens (primary N) is 1. The van der Waals surface area contributed by atoms with E-state index in [9.17, 15) is 18.0 Å². The van der Waals surface area contributed by atoms with E-state index in [0.717, 1.165) is 6.07 Å². The van der Waals surface area contributed by atoms with Crippen molar-refractivity contribution in [1.29, 1.82) is 0 Å². The van der Waals surface area contributed by atoms with Crippen LogP contribution in [-0.2, 0) is 6.18 Å². The topological polar surface area (TPSA) is 91.7 Å². The van der Waals surface area contributed by atoms with E-state index < -0.39 is 23.5 Å². The Kier molecular flexibility index (Phi) is 4.60. The number of fused-ring (bicyclic) bond motifs is 1. The number of benzene rings is 1. The predicted molar refractivity (Wildman–Crippen MR) is 90.1 cm³/mol. The van der Waals surface area contributed by atoms with Gasteiger partial charge in [-0.25, -0.2) is 9.50 Å². The molecule has 0 aliphatic heterocycles. The second-order valence-corrected chi connectivity index (χ2v) is 5.73. The molecule has 1 aromatic carbocycles. The molecular formula is C16H12ClF3N4O3. The van der Waals surface area contributed by atoms with Crippen LogP contribution in [0, 0.1) is 0 Å². The summed E-state index contributed by atoms with van der Waals surface area (Å²) < 4.78 is 51.3. The number of nitrogens with zero attached hydrogens (tertiary/aromatic N) is 3. The summed E-state index contributed by atoms with van der Waals surface area (Å²) in [4.78, 5) is 15.5. The minimum absolute atomic E-state index is 0.0476. The Morgan fingerprint density at radius 2 is 1.85 bits per heavy atom. The highest BCUT2D eigenvalue weighted by Crippen LogP contribution is 2.36. The van der Waals surface area contributed by atoms with Gasteiger partial charge in [-0.3, -0.25) is 4.79 Å². The Morgan fingerprint density at radius 3 is 2.41 bits per heavy atom. The van der Waals surface area contributed by atoms with Gasteiger partial charge in [-0.1, -0.05) is 11.6 Å². The molecule has 27 heavy (non-hydrogen) atoms. The molecule has 3 aromatic rings. The molecule has 7 nitrogen and oxygen atoms in total. The molecule has 142 valence electrons. The average Bonchev–Trinajstić information content (AvgIpc) is 2.96. The average molecular weight is 401 g/mol. The van der Waals surface area contributed by atoms with Crippen molar-refractivity contribution < 1.29 is 27.4 Å². The second kappa shape index (κ2) is 6.62. The van der Waals surface area contributed by atoms with E-state index in [1.54, 1.807) is 0 Å². The highest BCUT2D eigenvalue weighted by Gasteiger charge is 2.36. The normalized spacial score (nSPS) is 11.6. The fraction of sp³-hybridized carbons (Fsp3) is 0.188. The van der Waals surface area contributed by atoms with Gasteiger partial charge in [0, 0.05) is 5.56 Å². The zero-order valence-corrected chi connectivity index (χ0v) is 14.7. The molecule has 0 bridgehead atoms. The fourth-order valence-corrected chi connectivity index (χ4v) is 2.75. The van der Waals surface area contributed by atoms with Gasteiger partial charge >= 0.3 is 6.18 Å². The Morgan fingerprint density at radius 1 is 1.19 bits per heavy atom. The van der Waals surface area contributed by atoms with E-state index in [1.807, 2.05) is 0 Å². The van der Waals surface area contributed by atoms with Gasteiger partial charge in [0.05, 0.1) is 19.9 Å². The lowest BCUT2D eigenvalue weighted by Crippen LogP contribution is -2.15. The Balaban J connectivity index is 2.32. The van der Waals surface area contributed by atoms with Crippen molar-refractivity contribution in [2.45, 2.75) is 6.18 Å². The molecule has 2 heterocycles. The molecule has 2 aromatic heterocycles. The third-order valence-corrected chi connectivity index (χ3v) is 4.08. The number of hydrogen-bond acceptors (Lipinski definition) is 5. The first-order chi connectivity index (χ1) is 12.7. The number of ether oxygens (including phenoxy) is 2. The van der Waals surface area contributed by atoms with Crippen molar-refractivity contribution in [3.8, 4) is 22.8 Å². The third-order valence-electron chi connectivity index (χ3n) is 3.74. The van der Waals surface area contributed by atoms with Crippen LogP contribution in [0.25, 0.3) is 16.9 Å². The van der Waals surface area contributed by atoms with Crippen LogP contribution in [0.2, 0.25) is 5.02 Å². The largest absolute Gasteiger partial charge is 0.493 e. The number of amides is 1. The minimum atomic E-state index is -4.78. The monoisotopic (exact) mass is 400 g/mol. The summed E-state index contributed by atoms with van der Waals surface area (Å²) in [5, 5.41) is 3.19. The quantitative estimate of drug-likeness (QED) is 0.726. The Bertz CT molecular complexity index is 1050. The van der Waals surface area contributed by atoms with Crippen LogP contribution in [0.4, 0.5) is 13.2 Å². The summed E-state index contributed by atoms with van der Waals surface area (Å²) >= 11 is 5.98. The summed E-state index contributed by atoms with van der Waals surface area (Å²) in [6.45, 7) is 0. The number of aromatic nitrogens is 3. The van der Waals surface area contributed by atoms with E-state index >= 15 is 0 Å². The van der Waals surface area contributed by atoms with Gasteiger partial charge in [-0.2, -0.15) is 18.3 Å². The van der Waals surface area contributed by atoms with Crippen molar-refractivity contribution in [3.63, 3.8) is 0 Å². The van der Waals surface area contributed by atoms with Crippen molar-refractivity contribution in [3.05, 3.63) is 40.7 Å². The summed E-state index contributed by atoms with van der Waals surface area (Å²) in [5.74, 6) is -0.356. The molecule has 0 aliphatic rings. The lowest BCUT2D eigenvalue weighted by Gasteiger charge is -2.12. The lowest BCUT2D eigenvalue weighted by molar-refractivity contribution is -0.142. The van der Waals surface area contributed by atoms with E-state index in [2.05, 4.69) is 10.1 Å². The van der Waals surface area contributed by atoms with E-state index in [-0.39, 0.29) is 16.4 Å². The summed E-state index contributed by atoms with van der Waals surface area (Å²) in [5.41, 5.74) is 3.38. The van der Waals surface area contributed by atoms with Crippen molar-refractivity contribution in [2.24, 2.45) is 5.73 Å². The first-order valence-corrected chi connectivity index (χ1v) is 7.73. The van der Waals surface area contributed by atoms with Gasteiger partial charge in [0.15, 0.2) is 28.5 Å². The van der Waals surface area contributed by atoms with E-state index in [0.29, 0.717) is 21.6 Å².